The molecule has 0 fully saturated rings. The number of nitrogens with one attached hydrogen (secondary N) is 1. The van der Waals surface area contributed by atoms with E-state index in [1.54, 1.807) is 18.2 Å². The second-order valence-corrected chi connectivity index (χ2v) is 4.55. The zero-order chi connectivity index (χ0) is 11.1. The molecule has 4 nitrogen and oxygen atoms in total. The van der Waals surface area contributed by atoms with E-state index in [0.29, 0.717) is 0 Å². The van der Waals surface area contributed by atoms with Gasteiger partial charge in [0.1, 0.15) is 0 Å². The Bertz CT molecular complexity index is 413. The van der Waals surface area contributed by atoms with E-state index in [4.69, 9.17) is 0 Å². The summed E-state index contributed by atoms with van der Waals surface area (Å²) < 4.78 is 0. The van der Waals surface area contributed by atoms with Gasteiger partial charge in [-0.25, -0.2) is 0 Å². The Kier molecular flexibility index (Phi) is 2.14. The van der Waals surface area contributed by atoms with Crippen molar-refractivity contribution in [1.82, 2.24) is 0 Å². The van der Waals surface area contributed by atoms with E-state index in [-0.39, 0.29) is 16.0 Å². The highest BCUT2D eigenvalue weighted by molar-refractivity contribution is 5.60. The average molecular weight is 206 g/mol. The maximum atomic E-state index is 10.7. The van der Waals surface area contributed by atoms with Crippen LogP contribution in [0, 0.1) is 10.1 Å². The third kappa shape index (κ3) is 1.67. The first kappa shape index (κ1) is 9.96. The first-order chi connectivity index (χ1) is 7.00. The molecule has 0 radical (unpaired) electrons. The van der Waals surface area contributed by atoms with E-state index in [1.807, 2.05) is 0 Å². The minimum absolute atomic E-state index is 0.0204. The Morgan fingerprint density at radius 2 is 2.20 bits per heavy atom. The number of nitrogens with zero attached hydrogens (tertiary/aromatic N) is 1. The minimum atomic E-state index is -0.342. The topological polar surface area (TPSA) is 55.2 Å². The van der Waals surface area contributed by atoms with Gasteiger partial charge in [0, 0.05) is 24.4 Å². The molecule has 1 aromatic carbocycles. The molecule has 0 saturated heterocycles. The summed E-state index contributed by atoms with van der Waals surface area (Å²) in [6.45, 7) is 5.17. The van der Waals surface area contributed by atoms with Crippen molar-refractivity contribution in [2.24, 2.45) is 0 Å². The van der Waals surface area contributed by atoms with Crippen LogP contribution in [0.25, 0.3) is 0 Å². The standard InChI is InChI=1S/C11H14N2O2/c1-11(2)5-6-12-10-4-3-8(13(14)15)7-9(10)11/h3-4,7,12H,5-6H2,1-2H3. The van der Waals surface area contributed by atoms with E-state index in [9.17, 15) is 10.1 Å². The van der Waals surface area contributed by atoms with Crippen molar-refractivity contribution >= 4 is 11.4 Å². The summed E-state index contributed by atoms with van der Waals surface area (Å²) >= 11 is 0. The molecule has 1 aliphatic heterocycles. The van der Waals surface area contributed by atoms with Crippen LogP contribution < -0.4 is 5.32 Å². The number of benzene rings is 1. The van der Waals surface area contributed by atoms with Crippen LogP contribution in [0.4, 0.5) is 11.4 Å². The van der Waals surface area contributed by atoms with E-state index in [0.717, 1.165) is 24.2 Å². The number of non-ortho nitro benzene ring substituents is 1. The van der Waals surface area contributed by atoms with Gasteiger partial charge in [0.05, 0.1) is 4.92 Å². The quantitative estimate of drug-likeness (QED) is 0.567. The molecule has 15 heavy (non-hydrogen) atoms. The van der Waals surface area contributed by atoms with Crippen LogP contribution in [0.5, 0.6) is 0 Å². The summed E-state index contributed by atoms with van der Waals surface area (Å²) in [7, 11) is 0. The molecule has 0 unspecified atom stereocenters. The van der Waals surface area contributed by atoms with Gasteiger partial charge in [-0.1, -0.05) is 13.8 Å². The van der Waals surface area contributed by atoms with Crippen LogP contribution >= 0.6 is 0 Å². The molecule has 0 aliphatic carbocycles. The van der Waals surface area contributed by atoms with Gasteiger partial charge in [0.25, 0.3) is 5.69 Å². The molecular formula is C11H14N2O2. The fourth-order valence-electron chi connectivity index (χ4n) is 2.00. The van der Waals surface area contributed by atoms with Gasteiger partial charge in [0.15, 0.2) is 0 Å². The maximum absolute atomic E-state index is 10.7. The lowest BCUT2D eigenvalue weighted by Gasteiger charge is -2.32. The van der Waals surface area contributed by atoms with E-state index < -0.39 is 0 Å². The van der Waals surface area contributed by atoms with Crippen molar-refractivity contribution in [3.05, 3.63) is 33.9 Å². The summed E-state index contributed by atoms with van der Waals surface area (Å²) in [5.74, 6) is 0. The van der Waals surface area contributed by atoms with E-state index in [2.05, 4.69) is 19.2 Å². The molecule has 0 amide bonds. The second-order valence-electron chi connectivity index (χ2n) is 4.55. The summed E-state index contributed by atoms with van der Waals surface area (Å²) in [4.78, 5) is 10.3. The first-order valence-corrected chi connectivity index (χ1v) is 5.03. The predicted molar refractivity (Wildman–Crippen MR) is 59.2 cm³/mol. The normalized spacial score (nSPS) is 17.7. The van der Waals surface area contributed by atoms with Crippen molar-refractivity contribution in [2.75, 3.05) is 11.9 Å². The van der Waals surface area contributed by atoms with Crippen molar-refractivity contribution in [1.29, 1.82) is 0 Å². The van der Waals surface area contributed by atoms with Gasteiger partial charge in [-0.15, -0.1) is 0 Å². The number of anilines is 1. The monoisotopic (exact) mass is 206 g/mol. The van der Waals surface area contributed by atoms with Crippen molar-refractivity contribution in [2.45, 2.75) is 25.7 Å². The van der Waals surface area contributed by atoms with Crippen LogP contribution in [0.2, 0.25) is 0 Å². The fourth-order valence-corrected chi connectivity index (χ4v) is 2.00. The van der Waals surface area contributed by atoms with Crippen LogP contribution in [0.1, 0.15) is 25.8 Å². The zero-order valence-electron chi connectivity index (χ0n) is 8.91. The third-order valence-corrected chi connectivity index (χ3v) is 3.01. The molecular weight excluding hydrogens is 192 g/mol. The molecule has 1 aliphatic rings. The van der Waals surface area contributed by atoms with E-state index in [1.165, 1.54) is 0 Å². The van der Waals surface area contributed by atoms with Gasteiger partial charge in [-0.3, -0.25) is 10.1 Å². The number of nitro benzene ring substituents is 1. The third-order valence-electron chi connectivity index (χ3n) is 3.01. The Balaban J connectivity index is 2.53. The Hall–Kier alpha value is -1.58. The molecule has 1 aromatic rings. The molecule has 0 atom stereocenters. The summed E-state index contributed by atoms with van der Waals surface area (Å²) in [6, 6.07) is 5.03. The maximum Gasteiger partial charge on any atom is 0.269 e. The molecule has 1 N–H and O–H groups in total. The van der Waals surface area contributed by atoms with Crippen LogP contribution in [-0.4, -0.2) is 11.5 Å². The first-order valence-electron chi connectivity index (χ1n) is 5.03. The van der Waals surface area contributed by atoms with Gasteiger partial charge >= 0.3 is 0 Å². The second kappa shape index (κ2) is 3.22. The Labute approximate surface area is 88.5 Å². The largest absolute Gasteiger partial charge is 0.385 e. The molecule has 4 heteroatoms. The molecule has 0 saturated carbocycles. The zero-order valence-corrected chi connectivity index (χ0v) is 8.91. The average Bonchev–Trinajstić information content (AvgIpc) is 2.17. The SMILES string of the molecule is CC1(C)CCNc2ccc([N+](=O)[O-])cc21. The Morgan fingerprint density at radius 1 is 1.47 bits per heavy atom. The molecule has 1 heterocycles. The minimum Gasteiger partial charge on any atom is -0.385 e. The summed E-state index contributed by atoms with van der Waals surface area (Å²) in [6.07, 6.45) is 1.00. The van der Waals surface area contributed by atoms with Crippen molar-refractivity contribution < 1.29 is 4.92 Å². The number of fused-ring (bicyclic) bond motifs is 1. The van der Waals surface area contributed by atoms with E-state index >= 15 is 0 Å². The van der Waals surface area contributed by atoms with Gasteiger partial charge in [0.2, 0.25) is 0 Å². The lowest BCUT2D eigenvalue weighted by molar-refractivity contribution is -0.384. The molecule has 0 spiro atoms. The highest BCUT2D eigenvalue weighted by Crippen LogP contribution is 2.38. The van der Waals surface area contributed by atoms with Crippen LogP contribution in [0.15, 0.2) is 18.2 Å². The predicted octanol–water partition coefficient (Wildman–Crippen LogP) is 2.69. The summed E-state index contributed by atoms with van der Waals surface area (Å²) in [5.41, 5.74) is 2.26. The Morgan fingerprint density at radius 3 is 2.87 bits per heavy atom. The van der Waals surface area contributed by atoms with Gasteiger partial charge in [-0.05, 0) is 23.5 Å². The number of hydrogen-bond acceptors (Lipinski definition) is 3. The summed E-state index contributed by atoms with van der Waals surface area (Å²) in [5, 5.41) is 13.9. The molecule has 0 bridgehead atoms. The van der Waals surface area contributed by atoms with Crippen molar-refractivity contribution in [3.63, 3.8) is 0 Å². The highest BCUT2D eigenvalue weighted by atomic mass is 16.6. The molecule has 2 rings (SSSR count). The lowest BCUT2D eigenvalue weighted by atomic mass is 9.78. The lowest BCUT2D eigenvalue weighted by Crippen LogP contribution is -2.28. The highest BCUT2D eigenvalue weighted by Gasteiger charge is 2.28. The number of rotatable bonds is 1. The van der Waals surface area contributed by atoms with Gasteiger partial charge in [-0.2, -0.15) is 0 Å². The number of nitro groups is 1. The smallest absolute Gasteiger partial charge is 0.269 e. The fraction of sp³-hybridized carbons (Fsp3) is 0.455. The number of hydrogen-bond donors (Lipinski definition) is 1. The van der Waals surface area contributed by atoms with Crippen molar-refractivity contribution in [3.8, 4) is 0 Å². The molecule has 0 aromatic heterocycles. The van der Waals surface area contributed by atoms with Gasteiger partial charge < -0.3 is 5.32 Å². The van der Waals surface area contributed by atoms with Crippen LogP contribution in [0.3, 0.4) is 0 Å². The van der Waals surface area contributed by atoms with Crippen LogP contribution in [-0.2, 0) is 5.41 Å². The molecule has 80 valence electrons.